The first kappa shape index (κ1) is 14.0. The van der Waals surface area contributed by atoms with Crippen molar-refractivity contribution in [3.8, 4) is 0 Å². The molecule has 1 aromatic carbocycles. The second-order valence-electron chi connectivity index (χ2n) is 4.95. The summed E-state index contributed by atoms with van der Waals surface area (Å²) in [5.41, 5.74) is 7.73. The summed E-state index contributed by atoms with van der Waals surface area (Å²) in [5.74, 6) is 0.505. The highest BCUT2D eigenvalue weighted by Gasteiger charge is 2.18. The van der Waals surface area contributed by atoms with Gasteiger partial charge in [0.05, 0.1) is 17.1 Å². The summed E-state index contributed by atoms with van der Waals surface area (Å²) in [5, 5.41) is 0. The number of halogens is 1. The molecule has 4 nitrogen and oxygen atoms in total. The summed E-state index contributed by atoms with van der Waals surface area (Å²) >= 11 is 0. The molecule has 0 aliphatic carbocycles. The van der Waals surface area contributed by atoms with Crippen LogP contribution in [-0.2, 0) is 4.74 Å². The molecule has 1 aromatic heterocycles. The number of rotatable bonds is 5. The molecule has 0 saturated carbocycles. The summed E-state index contributed by atoms with van der Waals surface area (Å²) in [6.45, 7) is 4.71. The molecule has 0 radical (unpaired) electrons. The second-order valence-corrected chi connectivity index (χ2v) is 4.95. The maximum atomic E-state index is 13.3. The normalized spacial score (nSPS) is 13.4. The van der Waals surface area contributed by atoms with Crippen molar-refractivity contribution in [3.05, 3.63) is 29.8 Å². The minimum absolute atomic E-state index is 0.210. The Morgan fingerprint density at radius 2 is 2.16 bits per heavy atom. The van der Waals surface area contributed by atoms with Gasteiger partial charge in [-0.3, -0.25) is 0 Å². The average molecular weight is 265 g/mol. The summed E-state index contributed by atoms with van der Waals surface area (Å²) < 4.78 is 20.4. The van der Waals surface area contributed by atoms with Crippen LogP contribution < -0.4 is 5.73 Å². The van der Waals surface area contributed by atoms with Crippen LogP contribution in [-0.4, -0.2) is 23.3 Å². The summed E-state index contributed by atoms with van der Waals surface area (Å²) in [4.78, 5) is 4.49. The van der Waals surface area contributed by atoms with E-state index < -0.39 is 0 Å². The van der Waals surface area contributed by atoms with Crippen LogP contribution in [0.3, 0.4) is 0 Å². The highest BCUT2D eigenvalue weighted by Crippen LogP contribution is 2.25. The maximum Gasteiger partial charge on any atom is 0.127 e. The summed E-state index contributed by atoms with van der Waals surface area (Å²) in [6.07, 6.45) is 0.690. The van der Waals surface area contributed by atoms with Gasteiger partial charge in [-0.05, 0) is 32.4 Å². The highest BCUT2D eigenvalue weighted by molar-refractivity contribution is 5.76. The Bertz CT molecular complexity index is 565. The number of benzene rings is 1. The molecule has 0 amide bonds. The quantitative estimate of drug-likeness (QED) is 0.904. The number of hydrogen-bond donors (Lipinski definition) is 1. The molecule has 0 spiro atoms. The zero-order valence-electron chi connectivity index (χ0n) is 11.6. The van der Waals surface area contributed by atoms with Crippen LogP contribution in [0.4, 0.5) is 4.39 Å². The van der Waals surface area contributed by atoms with E-state index in [-0.39, 0.29) is 17.9 Å². The Hall–Kier alpha value is -1.46. The first-order chi connectivity index (χ1) is 9.04. The largest absolute Gasteiger partial charge is 0.385 e. The van der Waals surface area contributed by atoms with E-state index in [1.807, 2.05) is 0 Å². The van der Waals surface area contributed by atoms with Gasteiger partial charge in [0.25, 0.3) is 0 Å². The number of imidazole rings is 1. The Labute approximate surface area is 112 Å². The third kappa shape index (κ3) is 2.77. The fraction of sp³-hybridized carbons (Fsp3) is 0.500. The topological polar surface area (TPSA) is 53.1 Å². The number of nitrogens with zero attached hydrogens (tertiary/aromatic N) is 2. The van der Waals surface area contributed by atoms with E-state index in [0.717, 1.165) is 11.3 Å². The van der Waals surface area contributed by atoms with Gasteiger partial charge in [-0.15, -0.1) is 0 Å². The minimum Gasteiger partial charge on any atom is -0.385 e. The van der Waals surface area contributed by atoms with E-state index in [1.165, 1.54) is 12.1 Å². The number of nitrogens with two attached hydrogens (primary N) is 1. The van der Waals surface area contributed by atoms with E-state index in [1.54, 1.807) is 13.2 Å². The zero-order chi connectivity index (χ0) is 14.0. The molecule has 1 heterocycles. The minimum atomic E-state index is -0.280. The van der Waals surface area contributed by atoms with Gasteiger partial charge in [0.1, 0.15) is 11.6 Å². The van der Waals surface area contributed by atoms with Gasteiger partial charge in [-0.25, -0.2) is 9.37 Å². The Balaban J connectivity index is 2.49. The van der Waals surface area contributed by atoms with Gasteiger partial charge >= 0.3 is 0 Å². The molecule has 0 fully saturated rings. The monoisotopic (exact) mass is 265 g/mol. The first-order valence-corrected chi connectivity index (χ1v) is 6.46. The van der Waals surface area contributed by atoms with Gasteiger partial charge in [-0.2, -0.15) is 0 Å². The van der Waals surface area contributed by atoms with Crippen molar-refractivity contribution in [1.82, 2.24) is 9.55 Å². The van der Waals surface area contributed by atoms with Crippen molar-refractivity contribution in [2.45, 2.75) is 32.4 Å². The molecule has 5 heteroatoms. The molecule has 2 rings (SSSR count). The lowest BCUT2D eigenvalue weighted by atomic mass is 10.2. The SMILES string of the molecule is COCCC(N)c1nc2cc(F)ccc2n1C(C)C. The second kappa shape index (κ2) is 5.67. The predicted molar refractivity (Wildman–Crippen MR) is 73.5 cm³/mol. The first-order valence-electron chi connectivity index (χ1n) is 6.46. The van der Waals surface area contributed by atoms with Crippen LogP contribution in [0.15, 0.2) is 18.2 Å². The lowest BCUT2D eigenvalue weighted by Gasteiger charge is -2.17. The van der Waals surface area contributed by atoms with E-state index in [9.17, 15) is 4.39 Å². The van der Waals surface area contributed by atoms with Gasteiger partial charge in [0, 0.05) is 25.8 Å². The molecular weight excluding hydrogens is 245 g/mol. The molecule has 2 aromatic rings. The van der Waals surface area contributed by atoms with Crippen molar-refractivity contribution in [3.63, 3.8) is 0 Å². The molecule has 19 heavy (non-hydrogen) atoms. The number of ether oxygens (including phenoxy) is 1. The molecule has 0 aliphatic heterocycles. The highest BCUT2D eigenvalue weighted by atomic mass is 19.1. The van der Waals surface area contributed by atoms with Gasteiger partial charge < -0.3 is 15.0 Å². The van der Waals surface area contributed by atoms with E-state index in [4.69, 9.17) is 10.5 Å². The number of hydrogen-bond acceptors (Lipinski definition) is 3. The van der Waals surface area contributed by atoms with Crippen LogP contribution in [0.5, 0.6) is 0 Å². The van der Waals surface area contributed by atoms with Crippen molar-refractivity contribution < 1.29 is 9.13 Å². The lowest BCUT2D eigenvalue weighted by molar-refractivity contribution is 0.186. The number of fused-ring (bicyclic) bond motifs is 1. The smallest absolute Gasteiger partial charge is 0.127 e. The van der Waals surface area contributed by atoms with Gasteiger partial charge in [0.2, 0.25) is 0 Å². The standard InChI is InChI=1S/C14H20FN3O/c1-9(2)18-13-5-4-10(15)8-12(13)17-14(18)11(16)6-7-19-3/h4-5,8-9,11H,6-7,16H2,1-3H3. The van der Waals surface area contributed by atoms with Crippen LogP contribution in [0.2, 0.25) is 0 Å². The van der Waals surface area contributed by atoms with Crippen molar-refractivity contribution >= 4 is 11.0 Å². The third-order valence-corrected chi connectivity index (χ3v) is 3.16. The van der Waals surface area contributed by atoms with Crippen molar-refractivity contribution in [2.24, 2.45) is 5.73 Å². The number of methoxy groups -OCH3 is 1. The third-order valence-electron chi connectivity index (χ3n) is 3.16. The van der Waals surface area contributed by atoms with Crippen LogP contribution in [0.25, 0.3) is 11.0 Å². The maximum absolute atomic E-state index is 13.3. The average Bonchev–Trinajstić information content (AvgIpc) is 2.74. The molecule has 1 atom stereocenters. The zero-order valence-corrected chi connectivity index (χ0v) is 11.6. The van der Waals surface area contributed by atoms with Crippen LogP contribution in [0.1, 0.15) is 38.2 Å². The molecule has 2 N–H and O–H groups in total. The van der Waals surface area contributed by atoms with Crippen LogP contribution in [0, 0.1) is 5.82 Å². The fourth-order valence-electron chi connectivity index (χ4n) is 2.27. The Morgan fingerprint density at radius 1 is 1.42 bits per heavy atom. The Morgan fingerprint density at radius 3 is 2.79 bits per heavy atom. The number of aromatic nitrogens is 2. The molecule has 0 aliphatic rings. The summed E-state index contributed by atoms with van der Waals surface area (Å²) in [7, 11) is 1.65. The molecule has 1 unspecified atom stereocenters. The summed E-state index contributed by atoms with van der Waals surface area (Å²) in [6, 6.07) is 4.66. The van der Waals surface area contributed by atoms with E-state index in [0.29, 0.717) is 18.5 Å². The molecule has 0 saturated heterocycles. The predicted octanol–water partition coefficient (Wildman–Crippen LogP) is 2.79. The van der Waals surface area contributed by atoms with Gasteiger partial charge in [0.15, 0.2) is 0 Å². The molecule has 104 valence electrons. The Kier molecular flexibility index (Phi) is 4.17. The fourth-order valence-corrected chi connectivity index (χ4v) is 2.27. The lowest BCUT2D eigenvalue weighted by Crippen LogP contribution is -2.19. The van der Waals surface area contributed by atoms with Gasteiger partial charge in [-0.1, -0.05) is 0 Å². The van der Waals surface area contributed by atoms with E-state index >= 15 is 0 Å². The van der Waals surface area contributed by atoms with Crippen molar-refractivity contribution in [2.75, 3.05) is 13.7 Å². The molecule has 0 bridgehead atoms. The van der Waals surface area contributed by atoms with Crippen molar-refractivity contribution in [1.29, 1.82) is 0 Å². The van der Waals surface area contributed by atoms with E-state index in [2.05, 4.69) is 23.4 Å². The van der Waals surface area contributed by atoms with Crippen LogP contribution >= 0.6 is 0 Å². The molecular formula is C14H20FN3O.